The number of hydrazone groups is 1. The molecule has 3 rings (SSSR count). The topological polar surface area (TPSA) is 64.0 Å². The third-order valence-corrected chi connectivity index (χ3v) is 4.53. The first-order chi connectivity index (χ1) is 12.5. The van der Waals surface area contributed by atoms with Gasteiger partial charge in [0.1, 0.15) is 11.5 Å². The van der Waals surface area contributed by atoms with Crippen molar-refractivity contribution in [2.24, 2.45) is 11.0 Å². The predicted molar refractivity (Wildman–Crippen MR) is 101 cm³/mol. The van der Waals surface area contributed by atoms with E-state index in [-0.39, 0.29) is 12.0 Å². The molecule has 6 heteroatoms. The van der Waals surface area contributed by atoms with Crippen molar-refractivity contribution in [1.29, 1.82) is 0 Å². The zero-order chi connectivity index (χ0) is 18.7. The summed E-state index contributed by atoms with van der Waals surface area (Å²) >= 11 is 0. The molecule has 0 spiro atoms. The number of ether oxygens (including phenoxy) is 2. The Morgan fingerprint density at radius 1 is 1.27 bits per heavy atom. The molecule has 26 heavy (non-hydrogen) atoms. The van der Waals surface area contributed by atoms with Crippen molar-refractivity contribution >= 4 is 18.0 Å². The molecule has 0 radical (unpaired) electrons. The first kappa shape index (κ1) is 17.9. The fourth-order valence-corrected chi connectivity index (χ4v) is 2.77. The first-order valence-electron chi connectivity index (χ1n) is 8.75. The highest BCUT2D eigenvalue weighted by Gasteiger charge is 2.25. The molecule has 0 saturated carbocycles. The molecule has 0 fully saturated rings. The lowest BCUT2D eigenvalue weighted by molar-refractivity contribution is 0.0525. The Labute approximate surface area is 153 Å². The second-order valence-electron chi connectivity index (χ2n) is 6.31. The van der Waals surface area contributed by atoms with Crippen molar-refractivity contribution < 1.29 is 14.3 Å². The van der Waals surface area contributed by atoms with E-state index in [0.29, 0.717) is 29.6 Å². The molecule has 0 aliphatic carbocycles. The van der Waals surface area contributed by atoms with Crippen molar-refractivity contribution in [3.8, 4) is 11.5 Å². The Hall–Kier alpha value is -2.89. The van der Waals surface area contributed by atoms with E-state index < -0.39 is 0 Å². The summed E-state index contributed by atoms with van der Waals surface area (Å²) in [5, 5.41) is 6.31. The van der Waals surface area contributed by atoms with E-state index in [1.807, 2.05) is 30.3 Å². The van der Waals surface area contributed by atoms with Crippen LogP contribution in [0.1, 0.15) is 36.7 Å². The summed E-state index contributed by atoms with van der Waals surface area (Å²) in [6, 6.07) is 9.23. The van der Waals surface area contributed by atoms with Gasteiger partial charge in [0, 0.05) is 30.0 Å². The van der Waals surface area contributed by atoms with E-state index in [0.717, 1.165) is 11.4 Å². The summed E-state index contributed by atoms with van der Waals surface area (Å²) in [4.78, 5) is 16.5. The summed E-state index contributed by atoms with van der Waals surface area (Å²) in [6.07, 6.45) is 3.62. The minimum absolute atomic E-state index is 0.242. The van der Waals surface area contributed by atoms with Crippen LogP contribution in [0.15, 0.2) is 41.6 Å². The maximum atomic E-state index is 12.1. The first-order valence-corrected chi connectivity index (χ1v) is 8.75. The number of carbonyl (C=O) groups excluding carboxylic acids is 1. The van der Waals surface area contributed by atoms with Crippen molar-refractivity contribution in [3.63, 3.8) is 0 Å². The van der Waals surface area contributed by atoms with Crippen molar-refractivity contribution in [3.05, 3.63) is 47.7 Å². The summed E-state index contributed by atoms with van der Waals surface area (Å²) in [5.41, 5.74) is 1.25. The standard InChI is InChI=1S/C20H23N3O3/c1-5-25-20(24)17-7-6-8-18(14(17)3)26-16-9-10-21-19(11-16)23-15(4)13(2)12-22-23/h6-13,15H,5H2,1-4H3. The molecule has 0 amide bonds. The number of esters is 1. The lowest BCUT2D eigenvalue weighted by Crippen LogP contribution is -2.28. The number of benzene rings is 1. The third-order valence-electron chi connectivity index (χ3n) is 4.53. The highest BCUT2D eigenvalue weighted by molar-refractivity contribution is 5.91. The van der Waals surface area contributed by atoms with E-state index in [1.54, 1.807) is 31.3 Å². The van der Waals surface area contributed by atoms with Crippen molar-refractivity contribution in [1.82, 2.24) is 4.98 Å². The maximum Gasteiger partial charge on any atom is 0.338 e. The molecule has 136 valence electrons. The third kappa shape index (κ3) is 3.54. The molecule has 2 aromatic rings. The van der Waals surface area contributed by atoms with Gasteiger partial charge in [-0.05, 0) is 39.0 Å². The van der Waals surface area contributed by atoms with Crippen LogP contribution < -0.4 is 9.75 Å². The molecule has 0 bridgehead atoms. The molecule has 1 aliphatic heterocycles. The van der Waals surface area contributed by atoms with Crippen LogP contribution in [0.3, 0.4) is 0 Å². The number of rotatable bonds is 5. The van der Waals surface area contributed by atoms with Crippen LogP contribution in [-0.4, -0.2) is 29.8 Å². The summed E-state index contributed by atoms with van der Waals surface area (Å²) in [7, 11) is 0. The molecule has 2 unspecified atom stereocenters. The molecule has 6 nitrogen and oxygen atoms in total. The Bertz CT molecular complexity index is 835. The Balaban J connectivity index is 1.84. The molecule has 0 N–H and O–H groups in total. The van der Waals surface area contributed by atoms with E-state index in [4.69, 9.17) is 9.47 Å². The number of carbonyl (C=O) groups is 1. The van der Waals surface area contributed by atoms with Crippen molar-refractivity contribution in [2.75, 3.05) is 11.6 Å². The van der Waals surface area contributed by atoms with Crippen LogP contribution in [0.2, 0.25) is 0 Å². The smallest absolute Gasteiger partial charge is 0.338 e. The highest BCUT2D eigenvalue weighted by atomic mass is 16.5. The van der Waals surface area contributed by atoms with Gasteiger partial charge < -0.3 is 9.47 Å². The number of hydrogen-bond donors (Lipinski definition) is 0. The second-order valence-corrected chi connectivity index (χ2v) is 6.31. The molecule has 1 aromatic carbocycles. The maximum absolute atomic E-state index is 12.1. The van der Waals surface area contributed by atoms with Crippen LogP contribution in [-0.2, 0) is 4.74 Å². The number of nitrogens with zero attached hydrogens (tertiary/aromatic N) is 3. The van der Waals surface area contributed by atoms with Gasteiger partial charge in [0.25, 0.3) is 0 Å². The molecule has 0 saturated heterocycles. The molecule has 2 heterocycles. The van der Waals surface area contributed by atoms with Crippen LogP contribution in [0, 0.1) is 12.8 Å². The van der Waals surface area contributed by atoms with Gasteiger partial charge in [0.05, 0.1) is 18.2 Å². The van der Waals surface area contributed by atoms with Gasteiger partial charge in [0.15, 0.2) is 5.82 Å². The van der Waals surface area contributed by atoms with Gasteiger partial charge in [0.2, 0.25) is 0 Å². The SMILES string of the molecule is CCOC(=O)c1cccc(Oc2ccnc(N3N=CC(C)C3C)c2)c1C. The van der Waals surface area contributed by atoms with Gasteiger partial charge >= 0.3 is 5.97 Å². The predicted octanol–water partition coefficient (Wildman–Crippen LogP) is 4.19. The Kier molecular flexibility index (Phi) is 5.21. The van der Waals surface area contributed by atoms with E-state index >= 15 is 0 Å². The number of aromatic nitrogens is 1. The Morgan fingerprint density at radius 3 is 2.77 bits per heavy atom. The molecule has 1 aliphatic rings. The lowest BCUT2D eigenvalue weighted by atomic mass is 10.1. The Morgan fingerprint density at radius 2 is 2.08 bits per heavy atom. The zero-order valence-electron chi connectivity index (χ0n) is 15.5. The van der Waals surface area contributed by atoms with Crippen LogP contribution in [0.5, 0.6) is 11.5 Å². The molecule has 1 aromatic heterocycles. The zero-order valence-corrected chi connectivity index (χ0v) is 15.5. The van der Waals surface area contributed by atoms with Crippen molar-refractivity contribution in [2.45, 2.75) is 33.7 Å². The van der Waals surface area contributed by atoms with Gasteiger partial charge in [-0.15, -0.1) is 0 Å². The molecular weight excluding hydrogens is 330 g/mol. The fraction of sp³-hybridized carbons (Fsp3) is 0.350. The lowest BCUT2D eigenvalue weighted by Gasteiger charge is -2.22. The van der Waals surface area contributed by atoms with Crippen LogP contribution in [0.25, 0.3) is 0 Å². The van der Waals surface area contributed by atoms with E-state index in [1.165, 1.54) is 0 Å². The van der Waals surface area contributed by atoms with Gasteiger partial charge in [-0.1, -0.05) is 13.0 Å². The average Bonchev–Trinajstić information content (AvgIpc) is 2.96. The minimum atomic E-state index is -0.347. The molecule has 2 atom stereocenters. The number of hydrogen-bond acceptors (Lipinski definition) is 6. The van der Waals surface area contributed by atoms with Gasteiger partial charge in [-0.3, -0.25) is 0 Å². The minimum Gasteiger partial charge on any atom is -0.462 e. The van der Waals surface area contributed by atoms with E-state index in [9.17, 15) is 4.79 Å². The second kappa shape index (κ2) is 7.56. The summed E-state index contributed by atoms with van der Waals surface area (Å²) in [6.45, 7) is 8.20. The quantitative estimate of drug-likeness (QED) is 0.754. The monoisotopic (exact) mass is 353 g/mol. The normalized spacial score (nSPS) is 18.8. The number of pyridine rings is 1. The summed E-state index contributed by atoms with van der Waals surface area (Å²) in [5.74, 6) is 2.00. The average molecular weight is 353 g/mol. The fourth-order valence-electron chi connectivity index (χ4n) is 2.77. The highest BCUT2D eigenvalue weighted by Crippen LogP contribution is 2.31. The van der Waals surface area contributed by atoms with Crippen LogP contribution in [0.4, 0.5) is 5.82 Å². The van der Waals surface area contributed by atoms with Gasteiger partial charge in [-0.25, -0.2) is 14.8 Å². The number of anilines is 1. The van der Waals surface area contributed by atoms with Gasteiger partial charge in [-0.2, -0.15) is 5.10 Å². The van der Waals surface area contributed by atoms with E-state index in [2.05, 4.69) is 23.9 Å². The van der Waals surface area contributed by atoms with Crippen LogP contribution >= 0.6 is 0 Å². The molecular formula is C20H23N3O3. The summed E-state index contributed by atoms with van der Waals surface area (Å²) < 4.78 is 11.1. The largest absolute Gasteiger partial charge is 0.462 e.